The standard InChI is InChI=1S/C14H20N2O4/c1-8(2)5-10-6-9(7-11(17)15-10)12(18)16-14(3,4)13(19)20/h6-8H,5H2,1-4H3,(H,15,17)(H,16,18)(H,19,20). The van der Waals surface area contributed by atoms with Gasteiger partial charge in [0.15, 0.2) is 0 Å². The maximum Gasteiger partial charge on any atom is 0.328 e. The number of rotatable bonds is 5. The Hall–Kier alpha value is -2.11. The van der Waals surface area contributed by atoms with Crippen LogP contribution in [0.4, 0.5) is 0 Å². The number of carboxylic acids is 1. The molecule has 20 heavy (non-hydrogen) atoms. The zero-order valence-corrected chi connectivity index (χ0v) is 12.1. The minimum absolute atomic E-state index is 0.165. The Morgan fingerprint density at radius 2 is 1.95 bits per heavy atom. The van der Waals surface area contributed by atoms with Gasteiger partial charge >= 0.3 is 5.97 Å². The first kappa shape index (κ1) is 15.9. The summed E-state index contributed by atoms with van der Waals surface area (Å²) in [4.78, 5) is 37.2. The van der Waals surface area contributed by atoms with Crippen molar-refractivity contribution >= 4 is 11.9 Å². The molecule has 0 saturated heterocycles. The summed E-state index contributed by atoms with van der Waals surface area (Å²) in [7, 11) is 0. The van der Waals surface area contributed by atoms with Crippen LogP contribution in [0.3, 0.4) is 0 Å². The number of H-pyrrole nitrogens is 1. The van der Waals surface area contributed by atoms with Crippen LogP contribution in [-0.2, 0) is 11.2 Å². The summed E-state index contributed by atoms with van der Waals surface area (Å²) in [5.74, 6) is -1.38. The van der Waals surface area contributed by atoms with Crippen LogP contribution >= 0.6 is 0 Å². The van der Waals surface area contributed by atoms with E-state index in [4.69, 9.17) is 5.11 Å². The highest BCUT2D eigenvalue weighted by Crippen LogP contribution is 2.08. The van der Waals surface area contributed by atoms with Gasteiger partial charge in [0.1, 0.15) is 5.54 Å². The molecule has 6 heteroatoms. The first-order chi connectivity index (χ1) is 9.11. The third-order valence-corrected chi connectivity index (χ3v) is 2.75. The van der Waals surface area contributed by atoms with Crippen LogP contribution in [0.5, 0.6) is 0 Å². The Morgan fingerprint density at radius 1 is 1.35 bits per heavy atom. The third kappa shape index (κ3) is 4.22. The van der Waals surface area contributed by atoms with E-state index in [2.05, 4.69) is 10.3 Å². The molecule has 0 fully saturated rings. The maximum absolute atomic E-state index is 12.0. The van der Waals surface area contributed by atoms with Gasteiger partial charge in [-0.25, -0.2) is 4.79 Å². The van der Waals surface area contributed by atoms with Crippen molar-refractivity contribution < 1.29 is 14.7 Å². The second-order valence-corrected chi connectivity index (χ2v) is 5.74. The highest BCUT2D eigenvalue weighted by molar-refractivity contribution is 5.97. The molecule has 1 rings (SSSR count). The molecule has 1 amide bonds. The van der Waals surface area contributed by atoms with Crippen LogP contribution in [0.25, 0.3) is 0 Å². The van der Waals surface area contributed by atoms with Crippen LogP contribution in [0.2, 0.25) is 0 Å². The Morgan fingerprint density at radius 3 is 2.45 bits per heavy atom. The molecular weight excluding hydrogens is 260 g/mol. The highest BCUT2D eigenvalue weighted by Gasteiger charge is 2.29. The molecule has 1 aromatic heterocycles. The molecule has 0 spiro atoms. The molecular formula is C14H20N2O4. The number of amides is 1. The average Bonchev–Trinajstić information content (AvgIpc) is 2.26. The smallest absolute Gasteiger partial charge is 0.328 e. The topological polar surface area (TPSA) is 99.3 Å². The maximum atomic E-state index is 12.0. The van der Waals surface area contributed by atoms with Gasteiger partial charge in [0.05, 0.1) is 0 Å². The Bertz CT molecular complexity index is 573. The van der Waals surface area contributed by atoms with Gasteiger partial charge in [-0.2, -0.15) is 0 Å². The molecule has 0 unspecified atom stereocenters. The number of aliphatic carboxylic acids is 1. The normalized spacial score (nSPS) is 11.4. The van der Waals surface area contributed by atoms with Gasteiger partial charge in [-0.05, 0) is 32.3 Å². The lowest BCUT2D eigenvalue weighted by molar-refractivity contribution is -0.143. The van der Waals surface area contributed by atoms with Crippen molar-refractivity contribution in [2.24, 2.45) is 5.92 Å². The molecule has 0 aliphatic rings. The first-order valence-corrected chi connectivity index (χ1v) is 6.41. The molecule has 6 nitrogen and oxygen atoms in total. The summed E-state index contributed by atoms with van der Waals surface area (Å²) < 4.78 is 0. The zero-order valence-electron chi connectivity index (χ0n) is 12.1. The van der Waals surface area contributed by atoms with E-state index in [0.717, 1.165) is 6.07 Å². The fourth-order valence-corrected chi connectivity index (χ4v) is 1.69. The molecule has 1 heterocycles. The summed E-state index contributed by atoms with van der Waals surface area (Å²) in [5.41, 5.74) is -0.941. The van der Waals surface area contributed by atoms with E-state index >= 15 is 0 Å². The summed E-state index contributed by atoms with van der Waals surface area (Å²) in [6, 6.07) is 2.74. The average molecular weight is 280 g/mol. The summed E-state index contributed by atoms with van der Waals surface area (Å²) in [6.07, 6.45) is 0.638. The minimum Gasteiger partial charge on any atom is -0.480 e. The molecule has 110 valence electrons. The molecule has 0 saturated carbocycles. The Labute approximate surface area is 117 Å². The van der Waals surface area contributed by atoms with Gasteiger partial charge in [-0.1, -0.05) is 13.8 Å². The second-order valence-electron chi connectivity index (χ2n) is 5.74. The molecule has 0 bridgehead atoms. The van der Waals surface area contributed by atoms with Gasteiger partial charge in [0, 0.05) is 17.3 Å². The largest absolute Gasteiger partial charge is 0.480 e. The molecule has 0 aromatic carbocycles. The van der Waals surface area contributed by atoms with Crippen LogP contribution in [-0.4, -0.2) is 27.5 Å². The van der Waals surface area contributed by atoms with Crippen molar-refractivity contribution in [3.8, 4) is 0 Å². The lowest BCUT2D eigenvalue weighted by atomic mass is 10.0. The molecule has 3 N–H and O–H groups in total. The third-order valence-electron chi connectivity index (χ3n) is 2.75. The van der Waals surface area contributed by atoms with E-state index in [1.54, 1.807) is 6.07 Å². The van der Waals surface area contributed by atoms with Crippen LogP contribution in [0.1, 0.15) is 43.7 Å². The van der Waals surface area contributed by atoms with Crippen molar-refractivity contribution in [2.45, 2.75) is 39.7 Å². The predicted octanol–water partition coefficient (Wildman–Crippen LogP) is 1.17. The van der Waals surface area contributed by atoms with Crippen molar-refractivity contribution in [3.63, 3.8) is 0 Å². The zero-order chi connectivity index (χ0) is 15.5. The summed E-state index contributed by atoms with van der Waals surface area (Å²) in [6.45, 7) is 6.77. The number of hydrogen-bond acceptors (Lipinski definition) is 3. The van der Waals surface area contributed by atoms with E-state index in [1.807, 2.05) is 13.8 Å². The number of carboxylic acid groups (broad SMARTS) is 1. The van der Waals surface area contributed by atoms with Crippen molar-refractivity contribution in [3.05, 3.63) is 33.7 Å². The van der Waals surface area contributed by atoms with Gasteiger partial charge in [0.25, 0.3) is 5.91 Å². The molecule has 0 radical (unpaired) electrons. The van der Waals surface area contributed by atoms with Crippen molar-refractivity contribution in [2.75, 3.05) is 0 Å². The van der Waals surface area contributed by atoms with E-state index in [0.29, 0.717) is 18.0 Å². The van der Waals surface area contributed by atoms with E-state index in [9.17, 15) is 14.4 Å². The van der Waals surface area contributed by atoms with Crippen molar-refractivity contribution in [1.29, 1.82) is 0 Å². The first-order valence-electron chi connectivity index (χ1n) is 6.41. The van der Waals surface area contributed by atoms with Crippen LogP contribution < -0.4 is 10.9 Å². The second kappa shape index (κ2) is 5.90. The number of nitrogens with one attached hydrogen (secondary N) is 2. The van der Waals surface area contributed by atoms with Crippen molar-refractivity contribution in [1.82, 2.24) is 10.3 Å². The minimum atomic E-state index is -1.39. The predicted molar refractivity (Wildman–Crippen MR) is 74.8 cm³/mol. The van der Waals surface area contributed by atoms with E-state index in [-0.39, 0.29) is 11.1 Å². The molecule has 1 aromatic rings. The highest BCUT2D eigenvalue weighted by atomic mass is 16.4. The Kier molecular flexibility index (Phi) is 4.70. The quantitative estimate of drug-likeness (QED) is 0.753. The Balaban J connectivity index is 3.02. The van der Waals surface area contributed by atoms with Gasteiger partial charge in [-0.15, -0.1) is 0 Å². The molecule has 0 atom stereocenters. The lowest BCUT2D eigenvalue weighted by Crippen LogP contribution is -2.49. The number of pyridine rings is 1. The molecule has 0 aliphatic heterocycles. The van der Waals surface area contributed by atoms with Crippen LogP contribution in [0.15, 0.2) is 16.9 Å². The fraction of sp³-hybridized carbons (Fsp3) is 0.500. The monoisotopic (exact) mass is 280 g/mol. The van der Waals surface area contributed by atoms with Gasteiger partial charge in [-0.3, -0.25) is 9.59 Å². The summed E-state index contributed by atoms with van der Waals surface area (Å²) >= 11 is 0. The van der Waals surface area contributed by atoms with E-state index < -0.39 is 17.4 Å². The lowest BCUT2D eigenvalue weighted by Gasteiger charge is -2.21. The van der Waals surface area contributed by atoms with Crippen LogP contribution in [0, 0.1) is 5.92 Å². The number of aromatic nitrogens is 1. The van der Waals surface area contributed by atoms with Gasteiger partial charge in [0.2, 0.25) is 5.56 Å². The number of aromatic amines is 1. The van der Waals surface area contributed by atoms with Gasteiger partial charge < -0.3 is 15.4 Å². The SMILES string of the molecule is CC(C)Cc1cc(C(=O)NC(C)(C)C(=O)O)cc(=O)[nH]1. The molecule has 0 aliphatic carbocycles. The number of carbonyl (C=O) groups is 2. The number of carbonyl (C=O) groups excluding carboxylic acids is 1. The fourth-order valence-electron chi connectivity index (χ4n) is 1.69. The number of hydrogen-bond donors (Lipinski definition) is 3. The van der Waals surface area contributed by atoms with E-state index in [1.165, 1.54) is 13.8 Å². The summed E-state index contributed by atoms with van der Waals surface area (Å²) in [5, 5.41) is 11.4.